The van der Waals surface area contributed by atoms with Crippen LogP contribution < -0.4 is 4.74 Å². The van der Waals surface area contributed by atoms with E-state index < -0.39 is 0 Å². The standard InChI is InChI=1S/C13H18N2O3/c1-15(8-10-4-6-18-9-10)13(16)11-3-5-14-12(7-11)17-2/h3,5,7,10H,4,6,8-9H2,1-2H3. The van der Waals surface area contributed by atoms with Crippen molar-refractivity contribution in [2.45, 2.75) is 6.42 Å². The largest absolute Gasteiger partial charge is 0.481 e. The Kier molecular flexibility index (Phi) is 4.15. The Morgan fingerprint density at radius 3 is 3.17 bits per heavy atom. The van der Waals surface area contributed by atoms with E-state index in [9.17, 15) is 4.79 Å². The van der Waals surface area contributed by atoms with Gasteiger partial charge in [0, 0.05) is 43.9 Å². The minimum absolute atomic E-state index is 0.0115. The van der Waals surface area contributed by atoms with Crippen molar-refractivity contribution >= 4 is 5.91 Å². The maximum Gasteiger partial charge on any atom is 0.253 e. The molecule has 0 radical (unpaired) electrons. The van der Waals surface area contributed by atoms with E-state index >= 15 is 0 Å². The molecule has 1 aromatic heterocycles. The molecule has 2 heterocycles. The molecule has 5 nitrogen and oxygen atoms in total. The molecule has 1 unspecified atom stereocenters. The van der Waals surface area contributed by atoms with Crippen molar-refractivity contribution < 1.29 is 14.3 Å². The lowest BCUT2D eigenvalue weighted by Crippen LogP contribution is -2.32. The molecule has 18 heavy (non-hydrogen) atoms. The summed E-state index contributed by atoms with van der Waals surface area (Å²) in [5, 5.41) is 0. The predicted molar refractivity (Wildman–Crippen MR) is 66.7 cm³/mol. The average molecular weight is 250 g/mol. The summed E-state index contributed by atoms with van der Waals surface area (Å²) >= 11 is 0. The third-order valence-electron chi connectivity index (χ3n) is 3.09. The number of ether oxygens (including phenoxy) is 2. The fourth-order valence-electron chi connectivity index (χ4n) is 2.07. The molecule has 5 heteroatoms. The van der Waals surface area contributed by atoms with Gasteiger partial charge in [-0.2, -0.15) is 0 Å². The van der Waals surface area contributed by atoms with E-state index in [4.69, 9.17) is 9.47 Å². The van der Waals surface area contributed by atoms with Gasteiger partial charge in [-0.05, 0) is 12.5 Å². The molecule has 1 saturated heterocycles. The summed E-state index contributed by atoms with van der Waals surface area (Å²) in [6, 6.07) is 3.36. The number of amides is 1. The molecule has 0 aliphatic carbocycles. The van der Waals surface area contributed by atoms with Crippen molar-refractivity contribution in [2.24, 2.45) is 5.92 Å². The Balaban J connectivity index is 2.00. The Morgan fingerprint density at radius 2 is 2.50 bits per heavy atom. The molecule has 1 aliphatic heterocycles. The van der Waals surface area contributed by atoms with Gasteiger partial charge >= 0.3 is 0 Å². The Morgan fingerprint density at radius 1 is 1.67 bits per heavy atom. The van der Waals surface area contributed by atoms with E-state index in [-0.39, 0.29) is 5.91 Å². The minimum Gasteiger partial charge on any atom is -0.481 e. The average Bonchev–Trinajstić information content (AvgIpc) is 2.90. The molecule has 1 atom stereocenters. The topological polar surface area (TPSA) is 51.7 Å². The highest BCUT2D eigenvalue weighted by Crippen LogP contribution is 2.16. The number of aromatic nitrogens is 1. The Bertz CT molecular complexity index is 416. The van der Waals surface area contributed by atoms with Gasteiger partial charge in [0.2, 0.25) is 5.88 Å². The van der Waals surface area contributed by atoms with Crippen LogP contribution >= 0.6 is 0 Å². The summed E-state index contributed by atoms with van der Waals surface area (Å²) in [6.45, 7) is 2.27. The lowest BCUT2D eigenvalue weighted by Gasteiger charge is -2.20. The van der Waals surface area contributed by atoms with E-state index in [1.54, 1.807) is 23.2 Å². The predicted octanol–water partition coefficient (Wildman–Crippen LogP) is 1.20. The number of nitrogens with zero attached hydrogens (tertiary/aromatic N) is 2. The molecule has 0 saturated carbocycles. The SMILES string of the molecule is COc1cc(C(=O)N(C)CC2CCOC2)ccn1. The first-order chi connectivity index (χ1) is 8.70. The smallest absolute Gasteiger partial charge is 0.253 e. The second-order valence-electron chi connectivity index (χ2n) is 4.50. The number of hydrogen-bond acceptors (Lipinski definition) is 4. The van der Waals surface area contributed by atoms with Crippen LogP contribution in [0.3, 0.4) is 0 Å². The van der Waals surface area contributed by atoms with Crippen molar-refractivity contribution in [1.29, 1.82) is 0 Å². The fourth-order valence-corrected chi connectivity index (χ4v) is 2.07. The summed E-state index contributed by atoms with van der Waals surface area (Å²) in [4.78, 5) is 17.9. The molecule has 1 aromatic rings. The maximum absolute atomic E-state index is 12.2. The molecule has 2 rings (SSSR count). The van der Waals surface area contributed by atoms with Crippen LogP contribution in [0.5, 0.6) is 5.88 Å². The van der Waals surface area contributed by atoms with Gasteiger partial charge in [-0.15, -0.1) is 0 Å². The lowest BCUT2D eigenvalue weighted by molar-refractivity contribution is 0.0765. The number of methoxy groups -OCH3 is 1. The highest BCUT2D eigenvalue weighted by Gasteiger charge is 2.21. The number of carbonyl (C=O) groups excluding carboxylic acids is 1. The summed E-state index contributed by atoms with van der Waals surface area (Å²) < 4.78 is 10.3. The van der Waals surface area contributed by atoms with Crippen LogP contribution in [0, 0.1) is 5.92 Å². The Hall–Kier alpha value is -1.62. The molecule has 0 N–H and O–H groups in total. The summed E-state index contributed by atoms with van der Waals surface area (Å²) in [5.41, 5.74) is 0.600. The van der Waals surface area contributed by atoms with Crippen molar-refractivity contribution in [2.75, 3.05) is 33.9 Å². The summed E-state index contributed by atoms with van der Waals surface area (Å²) in [5.74, 6) is 0.892. The van der Waals surface area contributed by atoms with Gasteiger partial charge in [-0.25, -0.2) is 4.98 Å². The van der Waals surface area contributed by atoms with E-state index in [1.165, 1.54) is 7.11 Å². The molecule has 0 aromatic carbocycles. The van der Waals surface area contributed by atoms with Crippen molar-refractivity contribution in [3.8, 4) is 5.88 Å². The second kappa shape index (κ2) is 5.82. The van der Waals surface area contributed by atoms with Crippen LogP contribution in [0.15, 0.2) is 18.3 Å². The van der Waals surface area contributed by atoms with Gasteiger partial charge in [0.05, 0.1) is 13.7 Å². The van der Waals surface area contributed by atoms with Gasteiger partial charge in [0.25, 0.3) is 5.91 Å². The van der Waals surface area contributed by atoms with Crippen molar-refractivity contribution in [3.05, 3.63) is 23.9 Å². The molecule has 0 bridgehead atoms. The monoisotopic (exact) mass is 250 g/mol. The number of carbonyl (C=O) groups is 1. The normalized spacial score (nSPS) is 18.7. The van der Waals surface area contributed by atoms with Crippen LogP contribution in [0.1, 0.15) is 16.8 Å². The van der Waals surface area contributed by atoms with Crippen LogP contribution in [-0.2, 0) is 4.74 Å². The van der Waals surface area contributed by atoms with Gasteiger partial charge in [-0.1, -0.05) is 0 Å². The zero-order valence-electron chi connectivity index (χ0n) is 10.8. The third-order valence-corrected chi connectivity index (χ3v) is 3.09. The van der Waals surface area contributed by atoms with Crippen LogP contribution in [0.4, 0.5) is 0 Å². The fraction of sp³-hybridized carbons (Fsp3) is 0.538. The van der Waals surface area contributed by atoms with E-state index in [0.717, 1.165) is 26.2 Å². The molecule has 0 spiro atoms. The molecular formula is C13H18N2O3. The van der Waals surface area contributed by atoms with Gasteiger partial charge < -0.3 is 14.4 Å². The zero-order valence-corrected chi connectivity index (χ0v) is 10.8. The van der Waals surface area contributed by atoms with Gasteiger partial charge in [0.15, 0.2) is 0 Å². The third kappa shape index (κ3) is 2.98. The second-order valence-corrected chi connectivity index (χ2v) is 4.50. The lowest BCUT2D eigenvalue weighted by atomic mass is 10.1. The molecule has 1 aliphatic rings. The quantitative estimate of drug-likeness (QED) is 0.805. The van der Waals surface area contributed by atoms with Crippen molar-refractivity contribution in [1.82, 2.24) is 9.88 Å². The summed E-state index contributed by atoms with van der Waals surface area (Å²) in [7, 11) is 3.35. The first-order valence-corrected chi connectivity index (χ1v) is 6.04. The maximum atomic E-state index is 12.2. The van der Waals surface area contributed by atoms with Crippen LogP contribution in [-0.4, -0.2) is 49.7 Å². The zero-order chi connectivity index (χ0) is 13.0. The van der Waals surface area contributed by atoms with E-state index in [1.807, 2.05) is 7.05 Å². The van der Waals surface area contributed by atoms with Crippen molar-refractivity contribution in [3.63, 3.8) is 0 Å². The van der Waals surface area contributed by atoms with Crippen LogP contribution in [0.2, 0.25) is 0 Å². The van der Waals surface area contributed by atoms with Gasteiger partial charge in [0.1, 0.15) is 0 Å². The molecule has 98 valence electrons. The molecular weight excluding hydrogens is 232 g/mol. The first kappa shape index (κ1) is 12.8. The van der Waals surface area contributed by atoms with E-state index in [0.29, 0.717) is 17.4 Å². The van der Waals surface area contributed by atoms with Crippen LogP contribution in [0.25, 0.3) is 0 Å². The molecule has 1 fully saturated rings. The first-order valence-electron chi connectivity index (χ1n) is 6.04. The summed E-state index contributed by atoms with van der Waals surface area (Å²) in [6.07, 6.45) is 2.61. The molecule has 1 amide bonds. The minimum atomic E-state index is -0.0115. The van der Waals surface area contributed by atoms with E-state index in [2.05, 4.69) is 4.98 Å². The Labute approximate surface area is 107 Å². The highest BCUT2D eigenvalue weighted by molar-refractivity contribution is 5.94. The number of pyridine rings is 1. The van der Waals surface area contributed by atoms with Gasteiger partial charge in [-0.3, -0.25) is 4.79 Å². The number of rotatable bonds is 4. The highest BCUT2D eigenvalue weighted by atomic mass is 16.5. The number of hydrogen-bond donors (Lipinski definition) is 0.